The third-order valence-corrected chi connectivity index (χ3v) is 6.29. The lowest BCUT2D eigenvalue weighted by Gasteiger charge is -2.43. The second-order valence-electron chi connectivity index (χ2n) is 9.20. The molecule has 3 aromatic heterocycles. The van der Waals surface area contributed by atoms with Gasteiger partial charge >= 0.3 is 0 Å². The van der Waals surface area contributed by atoms with E-state index in [-0.39, 0.29) is 17.2 Å². The Labute approximate surface area is 181 Å². The molecule has 1 amide bonds. The van der Waals surface area contributed by atoms with Gasteiger partial charge in [0.25, 0.3) is 0 Å². The number of likely N-dealkylation sites (tertiary alicyclic amines) is 1. The number of ether oxygens (including phenoxy) is 1. The standard InChI is InChI=1S/C23H28N6O2/c1-23(14-31-15-23)13-29-7-5-16(6-8-29)22(30)27-21-9-20-17(10-24-21)3-4-19(26-20)18-11-25-28(2)12-18/h3-4,9-12,16H,5-8,13-15H2,1-2H3,(H,24,27,30). The molecule has 8 nitrogen and oxygen atoms in total. The topological polar surface area (TPSA) is 85.2 Å². The molecular formula is C23H28N6O2. The molecule has 0 spiro atoms. The molecule has 0 aliphatic carbocycles. The Balaban J connectivity index is 1.23. The number of aryl methyl sites for hydroxylation is 1. The Morgan fingerprint density at radius 3 is 2.74 bits per heavy atom. The van der Waals surface area contributed by atoms with E-state index in [2.05, 4.69) is 27.2 Å². The number of hydrogen-bond acceptors (Lipinski definition) is 6. The highest BCUT2D eigenvalue weighted by atomic mass is 16.5. The maximum absolute atomic E-state index is 12.8. The highest BCUT2D eigenvalue weighted by molar-refractivity contribution is 5.93. The monoisotopic (exact) mass is 420 g/mol. The number of nitrogens with one attached hydrogen (secondary N) is 1. The fraction of sp³-hybridized carbons (Fsp3) is 0.478. The number of anilines is 1. The summed E-state index contributed by atoms with van der Waals surface area (Å²) in [7, 11) is 1.88. The van der Waals surface area contributed by atoms with Gasteiger partial charge in [-0.2, -0.15) is 5.10 Å². The molecule has 8 heteroatoms. The quantitative estimate of drug-likeness (QED) is 0.683. The van der Waals surface area contributed by atoms with Gasteiger partial charge in [-0.3, -0.25) is 9.48 Å². The number of rotatable bonds is 5. The van der Waals surface area contributed by atoms with Gasteiger partial charge < -0.3 is 15.0 Å². The van der Waals surface area contributed by atoms with E-state index in [4.69, 9.17) is 9.72 Å². The number of piperidine rings is 1. The first-order chi connectivity index (χ1) is 15.0. The molecule has 1 N–H and O–H groups in total. The molecule has 31 heavy (non-hydrogen) atoms. The predicted molar refractivity (Wildman–Crippen MR) is 118 cm³/mol. The van der Waals surface area contributed by atoms with Crippen molar-refractivity contribution >= 4 is 22.6 Å². The molecule has 3 aromatic rings. The first-order valence-electron chi connectivity index (χ1n) is 10.8. The minimum atomic E-state index is 0.0221. The third kappa shape index (κ3) is 4.31. The average Bonchev–Trinajstić information content (AvgIpc) is 3.19. The third-order valence-electron chi connectivity index (χ3n) is 6.29. The van der Waals surface area contributed by atoms with E-state index < -0.39 is 0 Å². The molecule has 2 aliphatic rings. The second-order valence-corrected chi connectivity index (χ2v) is 9.20. The van der Waals surface area contributed by atoms with E-state index in [1.54, 1.807) is 17.1 Å². The summed E-state index contributed by atoms with van der Waals surface area (Å²) in [6.45, 7) is 6.92. The van der Waals surface area contributed by atoms with Crippen molar-refractivity contribution in [3.05, 3.63) is 36.8 Å². The van der Waals surface area contributed by atoms with E-state index in [1.165, 1.54) is 0 Å². The zero-order chi connectivity index (χ0) is 21.4. The van der Waals surface area contributed by atoms with E-state index in [1.807, 2.05) is 31.4 Å². The molecule has 0 atom stereocenters. The van der Waals surface area contributed by atoms with Gasteiger partial charge in [0.15, 0.2) is 0 Å². The van der Waals surface area contributed by atoms with Crippen LogP contribution in [0.25, 0.3) is 22.2 Å². The zero-order valence-corrected chi connectivity index (χ0v) is 18.0. The molecule has 2 aliphatic heterocycles. The number of carbonyl (C=O) groups is 1. The summed E-state index contributed by atoms with van der Waals surface area (Å²) in [6.07, 6.45) is 7.24. The van der Waals surface area contributed by atoms with Crippen molar-refractivity contribution < 1.29 is 9.53 Å². The summed E-state index contributed by atoms with van der Waals surface area (Å²) in [5, 5.41) is 8.16. The maximum Gasteiger partial charge on any atom is 0.228 e. The summed E-state index contributed by atoms with van der Waals surface area (Å²) in [5.74, 6) is 0.622. The van der Waals surface area contributed by atoms with Gasteiger partial charge in [-0.1, -0.05) is 6.92 Å². The molecule has 2 fully saturated rings. The normalized spacial score (nSPS) is 19.3. The van der Waals surface area contributed by atoms with Crippen LogP contribution in [0.15, 0.2) is 36.8 Å². The van der Waals surface area contributed by atoms with Crippen LogP contribution in [0, 0.1) is 11.3 Å². The predicted octanol–water partition coefficient (Wildman–Crippen LogP) is 2.72. The van der Waals surface area contributed by atoms with Crippen LogP contribution in [0.2, 0.25) is 0 Å². The minimum absolute atomic E-state index is 0.0221. The van der Waals surface area contributed by atoms with Crippen molar-refractivity contribution in [2.24, 2.45) is 18.4 Å². The Hall–Kier alpha value is -2.84. The largest absolute Gasteiger partial charge is 0.380 e. The zero-order valence-electron chi connectivity index (χ0n) is 18.0. The summed E-state index contributed by atoms with van der Waals surface area (Å²) >= 11 is 0. The molecule has 5 rings (SSSR count). The smallest absolute Gasteiger partial charge is 0.228 e. The summed E-state index contributed by atoms with van der Waals surface area (Å²) in [5.41, 5.74) is 2.89. The molecule has 5 heterocycles. The summed E-state index contributed by atoms with van der Waals surface area (Å²) in [4.78, 5) is 24.4. The number of aromatic nitrogens is 4. The maximum atomic E-state index is 12.8. The highest BCUT2D eigenvalue weighted by Crippen LogP contribution is 2.30. The van der Waals surface area contributed by atoms with E-state index >= 15 is 0 Å². The number of hydrogen-bond donors (Lipinski definition) is 1. The van der Waals surface area contributed by atoms with Crippen LogP contribution in [0.3, 0.4) is 0 Å². The van der Waals surface area contributed by atoms with Gasteiger partial charge in [-0.15, -0.1) is 0 Å². The lowest BCUT2D eigenvalue weighted by Crippen LogP contribution is -2.51. The van der Waals surface area contributed by atoms with Crippen LogP contribution in [-0.4, -0.2) is 63.4 Å². The first-order valence-corrected chi connectivity index (χ1v) is 10.8. The number of carbonyl (C=O) groups excluding carboxylic acids is 1. The molecule has 0 unspecified atom stereocenters. The first kappa shape index (κ1) is 20.1. The van der Waals surface area contributed by atoms with Gasteiger partial charge in [-0.05, 0) is 38.1 Å². The van der Waals surface area contributed by atoms with Crippen molar-refractivity contribution in [3.63, 3.8) is 0 Å². The molecule has 0 saturated carbocycles. The van der Waals surface area contributed by atoms with E-state index in [0.29, 0.717) is 5.82 Å². The van der Waals surface area contributed by atoms with Crippen LogP contribution >= 0.6 is 0 Å². The number of amides is 1. The fourth-order valence-electron chi connectivity index (χ4n) is 4.46. The van der Waals surface area contributed by atoms with Crippen molar-refractivity contribution in [3.8, 4) is 11.3 Å². The van der Waals surface area contributed by atoms with Crippen LogP contribution in [0.5, 0.6) is 0 Å². The van der Waals surface area contributed by atoms with Crippen molar-refractivity contribution in [2.45, 2.75) is 19.8 Å². The Morgan fingerprint density at radius 2 is 2.06 bits per heavy atom. The highest BCUT2D eigenvalue weighted by Gasteiger charge is 2.36. The number of fused-ring (bicyclic) bond motifs is 1. The van der Waals surface area contributed by atoms with Crippen molar-refractivity contribution in [2.75, 3.05) is 38.2 Å². The van der Waals surface area contributed by atoms with Crippen molar-refractivity contribution in [1.29, 1.82) is 0 Å². The van der Waals surface area contributed by atoms with E-state index in [0.717, 1.165) is 67.8 Å². The summed E-state index contributed by atoms with van der Waals surface area (Å²) in [6, 6.07) is 5.80. The number of nitrogens with zero attached hydrogens (tertiary/aromatic N) is 5. The Morgan fingerprint density at radius 1 is 1.26 bits per heavy atom. The lowest BCUT2D eigenvalue weighted by atomic mass is 9.86. The Kier molecular flexibility index (Phi) is 5.19. The van der Waals surface area contributed by atoms with E-state index in [9.17, 15) is 4.79 Å². The fourth-order valence-corrected chi connectivity index (χ4v) is 4.46. The van der Waals surface area contributed by atoms with Crippen LogP contribution < -0.4 is 5.32 Å². The van der Waals surface area contributed by atoms with Gasteiger partial charge in [0, 0.05) is 54.3 Å². The van der Waals surface area contributed by atoms with Gasteiger partial charge in [0.05, 0.1) is 30.6 Å². The minimum Gasteiger partial charge on any atom is -0.380 e. The van der Waals surface area contributed by atoms with Crippen LogP contribution in [-0.2, 0) is 16.6 Å². The van der Waals surface area contributed by atoms with Gasteiger partial charge in [0.1, 0.15) is 5.82 Å². The average molecular weight is 421 g/mol. The van der Waals surface area contributed by atoms with Crippen molar-refractivity contribution in [1.82, 2.24) is 24.6 Å². The number of pyridine rings is 2. The van der Waals surface area contributed by atoms with Gasteiger partial charge in [0.2, 0.25) is 5.91 Å². The van der Waals surface area contributed by atoms with Crippen LogP contribution in [0.1, 0.15) is 19.8 Å². The SMILES string of the molecule is Cn1cc(-c2ccc3cnc(NC(=O)C4CCN(CC5(C)COC5)CC4)cc3n2)cn1. The molecule has 0 radical (unpaired) electrons. The molecule has 2 saturated heterocycles. The molecule has 0 bridgehead atoms. The molecule has 0 aromatic carbocycles. The Bertz CT molecular complexity index is 1100. The van der Waals surface area contributed by atoms with Crippen LogP contribution in [0.4, 0.5) is 5.82 Å². The molecular weight excluding hydrogens is 392 g/mol. The summed E-state index contributed by atoms with van der Waals surface area (Å²) < 4.78 is 7.12. The molecule has 162 valence electrons. The second kappa shape index (κ2) is 8.01. The lowest BCUT2D eigenvalue weighted by molar-refractivity contribution is -0.125. The van der Waals surface area contributed by atoms with Gasteiger partial charge in [-0.25, -0.2) is 9.97 Å².